The van der Waals surface area contributed by atoms with Crippen LogP contribution in [0.4, 0.5) is 0 Å². The highest BCUT2D eigenvalue weighted by Crippen LogP contribution is 2.17. The van der Waals surface area contributed by atoms with E-state index in [-0.39, 0.29) is 23.6 Å². The van der Waals surface area contributed by atoms with Crippen molar-refractivity contribution in [3.8, 4) is 0 Å². The maximum Gasteiger partial charge on any atom is 0.232 e. The third-order valence-electron chi connectivity index (χ3n) is 3.14. The predicted molar refractivity (Wildman–Crippen MR) is 83.8 cm³/mol. The van der Waals surface area contributed by atoms with Gasteiger partial charge >= 0.3 is 0 Å². The Hall–Kier alpha value is -0.710. The Balaban J connectivity index is 0.00000180. The van der Waals surface area contributed by atoms with Crippen molar-refractivity contribution in [2.24, 2.45) is 5.92 Å². The Bertz CT molecular complexity index is 384. The lowest BCUT2D eigenvalue weighted by Crippen LogP contribution is -2.49. The molecule has 106 valence electrons. The van der Waals surface area contributed by atoms with Gasteiger partial charge < -0.3 is 10.6 Å². The Labute approximate surface area is 125 Å². The smallest absolute Gasteiger partial charge is 0.232 e. The lowest BCUT2D eigenvalue weighted by Gasteiger charge is -2.27. The number of amides is 1. The normalized spacial score (nSPS) is 16.1. The number of thioether (sulfide) groups is 1. The van der Waals surface area contributed by atoms with Crippen molar-refractivity contribution in [3.05, 3.63) is 35.9 Å². The molecule has 0 aliphatic carbocycles. The van der Waals surface area contributed by atoms with Crippen LogP contribution in [0.1, 0.15) is 12.5 Å². The monoisotopic (exact) mass is 300 g/mol. The number of halogens is 1. The summed E-state index contributed by atoms with van der Waals surface area (Å²) in [5, 5.41) is 6.24. The second-order valence-corrected chi connectivity index (χ2v) is 6.04. The van der Waals surface area contributed by atoms with E-state index < -0.39 is 0 Å². The maximum atomic E-state index is 11.9. The van der Waals surface area contributed by atoms with Crippen molar-refractivity contribution in [3.63, 3.8) is 0 Å². The van der Waals surface area contributed by atoms with Crippen LogP contribution in [0, 0.1) is 5.92 Å². The number of hydrogen-bond acceptors (Lipinski definition) is 3. The molecule has 2 rings (SSSR count). The minimum atomic E-state index is 0. The Kier molecular flexibility index (Phi) is 7.28. The van der Waals surface area contributed by atoms with Gasteiger partial charge in [0.05, 0.1) is 5.25 Å². The van der Waals surface area contributed by atoms with E-state index in [9.17, 15) is 4.79 Å². The van der Waals surface area contributed by atoms with Gasteiger partial charge in [-0.05, 0) is 12.5 Å². The van der Waals surface area contributed by atoms with Gasteiger partial charge in [0, 0.05) is 31.3 Å². The fourth-order valence-electron chi connectivity index (χ4n) is 1.75. The van der Waals surface area contributed by atoms with E-state index in [4.69, 9.17) is 0 Å². The number of hydrogen-bond donors (Lipinski definition) is 2. The highest BCUT2D eigenvalue weighted by atomic mass is 35.5. The Morgan fingerprint density at radius 2 is 2.11 bits per heavy atom. The largest absolute Gasteiger partial charge is 0.355 e. The molecule has 1 fully saturated rings. The van der Waals surface area contributed by atoms with Crippen LogP contribution < -0.4 is 10.6 Å². The summed E-state index contributed by atoms with van der Waals surface area (Å²) in [6, 6.07) is 10.3. The second kappa shape index (κ2) is 8.46. The number of carbonyl (C=O) groups is 1. The summed E-state index contributed by atoms with van der Waals surface area (Å²) in [4.78, 5) is 11.9. The average Bonchev–Trinajstić information content (AvgIpc) is 2.35. The molecule has 1 aromatic rings. The minimum Gasteiger partial charge on any atom is -0.355 e. The molecule has 0 bridgehead atoms. The second-order valence-electron chi connectivity index (χ2n) is 4.71. The molecule has 5 heteroatoms. The zero-order valence-corrected chi connectivity index (χ0v) is 12.7. The first kappa shape index (κ1) is 16.3. The first-order chi connectivity index (χ1) is 8.75. The summed E-state index contributed by atoms with van der Waals surface area (Å²) in [6.45, 7) is 4.85. The van der Waals surface area contributed by atoms with Gasteiger partial charge in [0.1, 0.15) is 0 Å². The minimum absolute atomic E-state index is 0. The van der Waals surface area contributed by atoms with Crippen molar-refractivity contribution in [2.75, 3.05) is 19.6 Å². The van der Waals surface area contributed by atoms with E-state index in [0.717, 1.165) is 25.4 Å². The summed E-state index contributed by atoms with van der Waals surface area (Å²) in [7, 11) is 0. The van der Waals surface area contributed by atoms with Crippen LogP contribution in [0.25, 0.3) is 0 Å². The molecule has 1 aromatic carbocycles. The van der Waals surface area contributed by atoms with Gasteiger partial charge in [-0.3, -0.25) is 4.79 Å². The van der Waals surface area contributed by atoms with Gasteiger partial charge in [-0.1, -0.05) is 30.3 Å². The van der Waals surface area contributed by atoms with Crippen LogP contribution in [-0.4, -0.2) is 30.8 Å². The molecule has 1 saturated heterocycles. The fourth-order valence-corrected chi connectivity index (χ4v) is 2.62. The average molecular weight is 301 g/mol. The standard InChI is InChI=1S/C14H20N2OS.ClH/c1-11(14(17)16-9-13-7-15-8-13)18-10-12-5-3-2-4-6-12;/h2-6,11,13,15H,7-10H2,1H3,(H,16,17);1H. The number of carbonyl (C=O) groups excluding carboxylic acids is 1. The molecule has 0 radical (unpaired) electrons. The highest BCUT2D eigenvalue weighted by Gasteiger charge is 2.19. The number of nitrogens with one attached hydrogen (secondary N) is 2. The molecular weight excluding hydrogens is 280 g/mol. The van der Waals surface area contributed by atoms with Gasteiger partial charge in [-0.2, -0.15) is 0 Å². The molecule has 0 aromatic heterocycles. The van der Waals surface area contributed by atoms with Crippen molar-refractivity contribution in [1.82, 2.24) is 10.6 Å². The first-order valence-corrected chi connectivity index (χ1v) is 7.44. The van der Waals surface area contributed by atoms with Gasteiger partial charge in [0.15, 0.2) is 0 Å². The van der Waals surface area contributed by atoms with Crippen LogP contribution in [0.3, 0.4) is 0 Å². The molecule has 1 atom stereocenters. The lowest BCUT2D eigenvalue weighted by molar-refractivity contribution is -0.120. The highest BCUT2D eigenvalue weighted by molar-refractivity contribution is 7.99. The molecule has 3 nitrogen and oxygen atoms in total. The maximum absolute atomic E-state index is 11.9. The van der Waals surface area contributed by atoms with E-state index in [1.165, 1.54) is 5.56 Å². The number of benzene rings is 1. The van der Waals surface area contributed by atoms with Crippen molar-refractivity contribution >= 4 is 30.1 Å². The molecule has 1 amide bonds. The summed E-state index contributed by atoms with van der Waals surface area (Å²) in [5.41, 5.74) is 1.27. The van der Waals surface area contributed by atoms with Crippen LogP contribution in [0.2, 0.25) is 0 Å². The molecular formula is C14H21ClN2OS. The summed E-state index contributed by atoms with van der Waals surface area (Å²) < 4.78 is 0. The van der Waals surface area contributed by atoms with Gasteiger partial charge in [0.2, 0.25) is 5.91 Å². The van der Waals surface area contributed by atoms with E-state index in [0.29, 0.717) is 5.92 Å². The summed E-state index contributed by atoms with van der Waals surface area (Å²) >= 11 is 1.69. The van der Waals surface area contributed by atoms with E-state index in [1.807, 2.05) is 25.1 Å². The first-order valence-electron chi connectivity index (χ1n) is 6.39. The van der Waals surface area contributed by atoms with Gasteiger partial charge in [-0.25, -0.2) is 0 Å². The SMILES string of the molecule is CC(SCc1ccccc1)C(=O)NCC1CNC1.Cl. The van der Waals surface area contributed by atoms with E-state index >= 15 is 0 Å². The quantitative estimate of drug-likeness (QED) is 0.845. The topological polar surface area (TPSA) is 41.1 Å². The molecule has 1 unspecified atom stereocenters. The van der Waals surface area contributed by atoms with E-state index in [2.05, 4.69) is 22.8 Å². The van der Waals surface area contributed by atoms with Crippen molar-refractivity contribution in [1.29, 1.82) is 0 Å². The van der Waals surface area contributed by atoms with Crippen molar-refractivity contribution in [2.45, 2.75) is 17.9 Å². The van der Waals surface area contributed by atoms with Crippen LogP contribution in [0.15, 0.2) is 30.3 Å². The molecule has 0 saturated carbocycles. The van der Waals surface area contributed by atoms with E-state index in [1.54, 1.807) is 11.8 Å². The summed E-state index contributed by atoms with van der Waals surface area (Å²) in [5.74, 6) is 1.67. The van der Waals surface area contributed by atoms with Gasteiger partial charge in [-0.15, -0.1) is 24.2 Å². The van der Waals surface area contributed by atoms with Crippen LogP contribution in [-0.2, 0) is 10.5 Å². The molecule has 1 aliphatic rings. The Morgan fingerprint density at radius 1 is 1.42 bits per heavy atom. The summed E-state index contributed by atoms with van der Waals surface area (Å²) in [6.07, 6.45) is 0. The van der Waals surface area contributed by atoms with Crippen molar-refractivity contribution < 1.29 is 4.79 Å². The molecule has 19 heavy (non-hydrogen) atoms. The predicted octanol–water partition coefficient (Wildman–Crippen LogP) is 2.07. The zero-order chi connectivity index (χ0) is 12.8. The van der Waals surface area contributed by atoms with Crippen LogP contribution in [0.5, 0.6) is 0 Å². The van der Waals surface area contributed by atoms with Gasteiger partial charge in [0.25, 0.3) is 0 Å². The molecule has 1 aliphatic heterocycles. The fraction of sp³-hybridized carbons (Fsp3) is 0.500. The molecule has 2 N–H and O–H groups in total. The lowest BCUT2D eigenvalue weighted by atomic mass is 10.0. The molecule has 0 spiro atoms. The van der Waals surface area contributed by atoms with Crippen LogP contribution >= 0.6 is 24.2 Å². The zero-order valence-electron chi connectivity index (χ0n) is 11.1. The number of rotatable bonds is 6. The Morgan fingerprint density at radius 3 is 2.68 bits per heavy atom. The molecule has 1 heterocycles. The third-order valence-corrected chi connectivity index (χ3v) is 4.36. The third kappa shape index (κ3) is 5.43.